The van der Waals surface area contributed by atoms with Gasteiger partial charge in [-0.2, -0.15) is 0 Å². The SMILES string of the molecule is CCCn1ccnc1C(O)c1cccc(OC(F)(F)F)c1. The molecule has 0 saturated carbocycles. The second kappa shape index (κ2) is 6.17. The first-order valence-corrected chi connectivity index (χ1v) is 6.45. The summed E-state index contributed by atoms with van der Waals surface area (Å²) in [4.78, 5) is 4.07. The lowest BCUT2D eigenvalue weighted by Gasteiger charge is -2.15. The van der Waals surface area contributed by atoms with Gasteiger partial charge < -0.3 is 14.4 Å². The lowest BCUT2D eigenvalue weighted by molar-refractivity contribution is -0.274. The molecule has 1 heterocycles. The van der Waals surface area contributed by atoms with Crippen LogP contribution >= 0.6 is 0 Å². The highest BCUT2D eigenvalue weighted by atomic mass is 19.4. The third-order valence-corrected chi connectivity index (χ3v) is 2.86. The summed E-state index contributed by atoms with van der Waals surface area (Å²) in [5.74, 6) is 0.0219. The summed E-state index contributed by atoms with van der Waals surface area (Å²) in [6, 6.07) is 5.26. The maximum Gasteiger partial charge on any atom is 0.573 e. The van der Waals surface area contributed by atoms with Gasteiger partial charge in [-0.05, 0) is 24.1 Å². The first-order valence-electron chi connectivity index (χ1n) is 6.45. The second-order valence-electron chi connectivity index (χ2n) is 4.50. The van der Waals surface area contributed by atoms with Crippen molar-refractivity contribution in [1.29, 1.82) is 0 Å². The minimum absolute atomic E-state index is 0.292. The van der Waals surface area contributed by atoms with Crippen molar-refractivity contribution < 1.29 is 23.0 Å². The summed E-state index contributed by atoms with van der Waals surface area (Å²) in [7, 11) is 0. The molecule has 4 nitrogen and oxygen atoms in total. The van der Waals surface area contributed by atoms with Crippen LogP contribution in [0.15, 0.2) is 36.7 Å². The van der Waals surface area contributed by atoms with Gasteiger partial charge in [-0.1, -0.05) is 19.1 Å². The van der Waals surface area contributed by atoms with Gasteiger partial charge in [0.1, 0.15) is 17.7 Å². The smallest absolute Gasteiger partial charge is 0.406 e. The average Bonchev–Trinajstić information content (AvgIpc) is 2.85. The van der Waals surface area contributed by atoms with Gasteiger partial charge in [0.15, 0.2) is 0 Å². The molecular formula is C14H15F3N2O2. The number of aromatic nitrogens is 2. The number of hydrogen-bond acceptors (Lipinski definition) is 3. The topological polar surface area (TPSA) is 47.3 Å². The Morgan fingerprint density at radius 1 is 1.38 bits per heavy atom. The lowest BCUT2D eigenvalue weighted by atomic mass is 10.1. The van der Waals surface area contributed by atoms with Gasteiger partial charge in [-0.15, -0.1) is 13.2 Å². The lowest BCUT2D eigenvalue weighted by Crippen LogP contribution is -2.17. The van der Waals surface area contributed by atoms with E-state index in [1.54, 1.807) is 17.0 Å². The minimum Gasteiger partial charge on any atom is -0.406 e. The zero-order chi connectivity index (χ0) is 15.5. The van der Waals surface area contributed by atoms with Crippen LogP contribution in [0.1, 0.15) is 30.8 Å². The molecule has 0 aliphatic carbocycles. The molecule has 21 heavy (non-hydrogen) atoms. The van der Waals surface area contributed by atoms with Crippen molar-refractivity contribution in [2.24, 2.45) is 0 Å². The fourth-order valence-corrected chi connectivity index (χ4v) is 2.03. The fraction of sp³-hybridized carbons (Fsp3) is 0.357. The number of hydrogen-bond donors (Lipinski definition) is 1. The maximum atomic E-state index is 12.2. The summed E-state index contributed by atoms with van der Waals surface area (Å²) < 4.78 is 42.2. The zero-order valence-corrected chi connectivity index (χ0v) is 11.3. The summed E-state index contributed by atoms with van der Waals surface area (Å²) >= 11 is 0. The predicted octanol–water partition coefficient (Wildman–Crippen LogP) is 3.27. The molecule has 1 aromatic heterocycles. The molecule has 7 heteroatoms. The number of imidazole rings is 1. The van der Waals surface area contributed by atoms with Crippen LogP contribution in [-0.2, 0) is 6.54 Å². The van der Waals surface area contributed by atoms with E-state index in [9.17, 15) is 18.3 Å². The van der Waals surface area contributed by atoms with E-state index in [4.69, 9.17) is 0 Å². The number of rotatable bonds is 5. The normalized spacial score (nSPS) is 13.2. The molecule has 0 aliphatic rings. The average molecular weight is 300 g/mol. The Bertz CT molecular complexity index is 596. The van der Waals surface area contributed by atoms with Crippen molar-refractivity contribution in [3.8, 4) is 5.75 Å². The standard InChI is InChI=1S/C14H15F3N2O2/c1-2-7-19-8-6-18-13(19)12(20)10-4-3-5-11(9-10)21-14(15,16)17/h3-6,8-9,12,20H,2,7H2,1H3. The number of ether oxygens (including phenoxy) is 1. The Morgan fingerprint density at radius 3 is 2.81 bits per heavy atom. The van der Waals surface area contributed by atoms with Gasteiger partial charge in [-0.25, -0.2) is 4.98 Å². The Hall–Kier alpha value is -2.02. The van der Waals surface area contributed by atoms with E-state index in [2.05, 4.69) is 9.72 Å². The second-order valence-corrected chi connectivity index (χ2v) is 4.50. The van der Waals surface area contributed by atoms with Crippen LogP contribution in [0.5, 0.6) is 5.75 Å². The number of benzene rings is 1. The Morgan fingerprint density at radius 2 is 2.14 bits per heavy atom. The van der Waals surface area contributed by atoms with E-state index >= 15 is 0 Å². The molecule has 1 atom stereocenters. The third kappa shape index (κ3) is 3.98. The number of aryl methyl sites for hydroxylation is 1. The van der Waals surface area contributed by atoms with Gasteiger partial charge in [0, 0.05) is 18.9 Å². The van der Waals surface area contributed by atoms with E-state index < -0.39 is 12.5 Å². The Balaban J connectivity index is 2.24. The van der Waals surface area contributed by atoms with Crippen molar-refractivity contribution >= 4 is 0 Å². The van der Waals surface area contributed by atoms with Crippen LogP contribution in [0.4, 0.5) is 13.2 Å². The highest BCUT2D eigenvalue weighted by molar-refractivity contribution is 5.32. The van der Waals surface area contributed by atoms with Crippen molar-refractivity contribution in [2.75, 3.05) is 0 Å². The maximum absolute atomic E-state index is 12.2. The van der Waals surface area contributed by atoms with Crippen molar-refractivity contribution in [2.45, 2.75) is 32.4 Å². The van der Waals surface area contributed by atoms with Crippen molar-refractivity contribution in [3.63, 3.8) is 0 Å². The van der Waals surface area contributed by atoms with Gasteiger partial charge in [0.2, 0.25) is 0 Å². The third-order valence-electron chi connectivity index (χ3n) is 2.86. The number of aliphatic hydroxyl groups is 1. The molecular weight excluding hydrogens is 285 g/mol. The van der Waals surface area contributed by atoms with E-state index in [1.807, 2.05) is 6.92 Å². The molecule has 1 N–H and O–H groups in total. The molecule has 0 fully saturated rings. The fourth-order valence-electron chi connectivity index (χ4n) is 2.03. The van der Waals surface area contributed by atoms with Crippen LogP contribution in [0.2, 0.25) is 0 Å². The van der Waals surface area contributed by atoms with Crippen LogP contribution in [0, 0.1) is 0 Å². The summed E-state index contributed by atoms with van der Waals surface area (Å²) in [5.41, 5.74) is 0.292. The van der Waals surface area contributed by atoms with Crippen molar-refractivity contribution in [1.82, 2.24) is 9.55 Å². The highest BCUT2D eigenvalue weighted by Crippen LogP contribution is 2.27. The summed E-state index contributed by atoms with van der Waals surface area (Å²) in [6.07, 6.45) is -1.75. The minimum atomic E-state index is -4.76. The number of nitrogens with zero attached hydrogens (tertiary/aromatic N) is 2. The quantitative estimate of drug-likeness (QED) is 0.922. The van der Waals surface area contributed by atoms with E-state index in [0.29, 0.717) is 17.9 Å². The Kier molecular flexibility index (Phi) is 4.52. The predicted molar refractivity (Wildman–Crippen MR) is 69.7 cm³/mol. The van der Waals surface area contributed by atoms with E-state index in [-0.39, 0.29) is 5.75 Å². The monoisotopic (exact) mass is 300 g/mol. The first kappa shape index (κ1) is 15.4. The highest BCUT2D eigenvalue weighted by Gasteiger charge is 2.31. The molecule has 0 bridgehead atoms. The molecule has 0 aliphatic heterocycles. The van der Waals surface area contributed by atoms with Crippen LogP contribution < -0.4 is 4.74 Å². The molecule has 114 valence electrons. The molecule has 0 radical (unpaired) electrons. The molecule has 0 amide bonds. The molecule has 1 aromatic carbocycles. The zero-order valence-electron chi connectivity index (χ0n) is 11.3. The van der Waals surface area contributed by atoms with E-state index in [0.717, 1.165) is 12.5 Å². The van der Waals surface area contributed by atoms with Crippen LogP contribution in [-0.4, -0.2) is 21.0 Å². The van der Waals surface area contributed by atoms with Crippen LogP contribution in [0.25, 0.3) is 0 Å². The molecule has 2 aromatic rings. The molecule has 0 spiro atoms. The first-order chi connectivity index (χ1) is 9.90. The van der Waals surface area contributed by atoms with E-state index in [1.165, 1.54) is 18.2 Å². The van der Waals surface area contributed by atoms with Crippen molar-refractivity contribution in [3.05, 3.63) is 48.0 Å². The molecule has 0 saturated heterocycles. The largest absolute Gasteiger partial charge is 0.573 e. The van der Waals surface area contributed by atoms with Gasteiger partial charge >= 0.3 is 6.36 Å². The van der Waals surface area contributed by atoms with Gasteiger partial charge in [-0.3, -0.25) is 0 Å². The van der Waals surface area contributed by atoms with Gasteiger partial charge in [0.25, 0.3) is 0 Å². The summed E-state index contributed by atoms with van der Waals surface area (Å²) in [5, 5.41) is 10.3. The van der Waals surface area contributed by atoms with Gasteiger partial charge in [0.05, 0.1) is 0 Å². The number of halogens is 3. The Labute approximate surface area is 119 Å². The number of aliphatic hydroxyl groups excluding tert-OH is 1. The molecule has 2 rings (SSSR count). The number of alkyl halides is 3. The summed E-state index contributed by atoms with van der Waals surface area (Å²) in [6.45, 7) is 2.65. The van der Waals surface area contributed by atoms with Crippen LogP contribution in [0.3, 0.4) is 0 Å². The molecule has 1 unspecified atom stereocenters.